The van der Waals surface area contributed by atoms with Crippen molar-refractivity contribution >= 4 is 0 Å². The lowest BCUT2D eigenvalue weighted by molar-refractivity contribution is 0.624. The molecule has 0 amide bonds. The third-order valence-corrected chi connectivity index (χ3v) is 2.41. The minimum atomic E-state index is 0. The zero-order chi connectivity index (χ0) is 11.1. The second kappa shape index (κ2) is 29.4. The van der Waals surface area contributed by atoms with Crippen molar-refractivity contribution in [3.05, 3.63) is 0 Å². The molecule has 16 heavy (non-hydrogen) atoms. The monoisotopic (exact) mass is 232 g/mol. The predicted octanol–water partition coefficient (Wildman–Crippen LogP) is 7.23. The van der Waals surface area contributed by atoms with Crippen LogP contribution in [0.2, 0.25) is 0 Å². The van der Waals surface area contributed by atoms with Crippen LogP contribution < -0.4 is 0 Å². The fraction of sp³-hybridized carbons (Fsp3) is 1.00. The fourth-order valence-electron chi connectivity index (χ4n) is 1.35. The topological polar surface area (TPSA) is 0 Å². The summed E-state index contributed by atoms with van der Waals surface area (Å²) >= 11 is 0. The third-order valence-electron chi connectivity index (χ3n) is 2.41. The minimum absolute atomic E-state index is 0. The molecule has 0 saturated heterocycles. The molecule has 0 N–H and O–H groups in total. The summed E-state index contributed by atoms with van der Waals surface area (Å²) in [4.78, 5) is 0. The van der Waals surface area contributed by atoms with E-state index in [1.165, 1.54) is 64.2 Å². The van der Waals surface area contributed by atoms with E-state index in [0.717, 1.165) is 0 Å². The van der Waals surface area contributed by atoms with Gasteiger partial charge in [-0.1, -0.05) is 107 Å². The van der Waals surface area contributed by atoms with E-state index in [0.29, 0.717) is 0 Å². The average Bonchev–Trinajstić information content (AvgIpc) is 2.22. The minimum Gasteiger partial charge on any atom is -0.0776 e. The Morgan fingerprint density at radius 1 is 0.375 bits per heavy atom. The second-order valence-electron chi connectivity index (χ2n) is 4.12. The fourth-order valence-corrected chi connectivity index (χ4v) is 1.35. The molecule has 0 heteroatoms. The summed E-state index contributed by atoms with van der Waals surface area (Å²) in [5.41, 5.74) is 0. The molecule has 0 radical (unpaired) electrons. The molecular weight excluding hydrogens is 192 g/mol. The third kappa shape index (κ3) is 37.0. The molecule has 0 aromatic rings. The number of hydrogen-bond acceptors (Lipinski definition) is 0. The van der Waals surface area contributed by atoms with Gasteiger partial charge >= 0.3 is 0 Å². The summed E-state index contributed by atoms with van der Waals surface area (Å²) < 4.78 is 0. The van der Waals surface area contributed by atoms with E-state index in [-0.39, 0.29) is 14.9 Å². The Bertz CT molecular complexity index is 56.4. The molecule has 0 nitrogen and oxygen atoms in total. The van der Waals surface area contributed by atoms with Gasteiger partial charge in [-0.05, 0) is 0 Å². The van der Waals surface area contributed by atoms with Crippen molar-refractivity contribution in [3.63, 3.8) is 0 Å². The van der Waals surface area contributed by atoms with Crippen LogP contribution in [-0.4, -0.2) is 0 Å². The van der Waals surface area contributed by atoms with Gasteiger partial charge in [0.1, 0.15) is 0 Å². The maximum atomic E-state index is 2.26. The molecule has 0 saturated carbocycles. The number of rotatable bonds is 8. The zero-order valence-electron chi connectivity index (χ0n) is 11.1. The van der Waals surface area contributed by atoms with E-state index < -0.39 is 0 Å². The highest BCUT2D eigenvalue weighted by atomic mass is 13.9. The normalized spacial score (nSPS) is 8.25. The van der Waals surface area contributed by atoms with Gasteiger partial charge in [-0.15, -0.1) is 0 Å². The lowest BCUT2D eigenvalue weighted by atomic mass is 10.1. The van der Waals surface area contributed by atoms with Crippen LogP contribution in [0.4, 0.5) is 0 Å². The van der Waals surface area contributed by atoms with Crippen molar-refractivity contribution < 1.29 is 0 Å². The first-order chi connectivity index (χ1) is 6.83. The smallest absolute Gasteiger partial charge is 0.0533 e. The van der Waals surface area contributed by atoms with Crippen LogP contribution in [-0.2, 0) is 0 Å². The van der Waals surface area contributed by atoms with Gasteiger partial charge in [0.25, 0.3) is 0 Å². The summed E-state index contributed by atoms with van der Waals surface area (Å²) in [5, 5.41) is 0. The lowest BCUT2D eigenvalue weighted by Gasteiger charge is -1.93. The molecular formula is C16H40. The maximum absolute atomic E-state index is 2.26. The Morgan fingerprint density at radius 3 is 0.750 bits per heavy atom. The molecule has 0 rings (SSSR count). The Labute approximate surface area is 107 Å². The maximum Gasteiger partial charge on any atom is -0.0533 e. The highest BCUT2D eigenvalue weighted by Crippen LogP contribution is 2.03. The van der Waals surface area contributed by atoms with Gasteiger partial charge in [0, 0.05) is 0 Å². The SMILES string of the molecule is C.C.CCCCCC.CCCCCCCC. The van der Waals surface area contributed by atoms with Crippen LogP contribution in [0, 0.1) is 0 Å². The molecule has 0 fully saturated rings. The largest absolute Gasteiger partial charge is 0.0776 e. The molecule has 0 aliphatic heterocycles. The highest BCUT2D eigenvalue weighted by molar-refractivity contribution is 4.39. The van der Waals surface area contributed by atoms with Gasteiger partial charge in [-0.25, -0.2) is 0 Å². The number of hydrogen-bond donors (Lipinski definition) is 0. The molecule has 0 atom stereocenters. The van der Waals surface area contributed by atoms with Crippen molar-refractivity contribution in [2.45, 2.75) is 107 Å². The van der Waals surface area contributed by atoms with Gasteiger partial charge in [0.2, 0.25) is 0 Å². The first-order valence-corrected chi connectivity index (χ1v) is 6.83. The van der Waals surface area contributed by atoms with Crippen molar-refractivity contribution in [1.29, 1.82) is 0 Å². The Kier molecular flexibility index (Phi) is 45.9. The summed E-state index contributed by atoms with van der Waals surface area (Å²) in [6, 6.07) is 0. The molecule has 0 heterocycles. The van der Waals surface area contributed by atoms with Crippen molar-refractivity contribution in [3.8, 4) is 0 Å². The predicted molar refractivity (Wildman–Crippen MR) is 82.3 cm³/mol. The lowest BCUT2D eigenvalue weighted by Crippen LogP contribution is -1.73. The van der Waals surface area contributed by atoms with Gasteiger partial charge in [0.05, 0.1) is 0 Å². The summed E-state index contributed by atoms with van der Waals surface area (Å²) in [7, 11) is 0. The van der Waals surface area contributed by atoms with Crippen molar-refractivity contribution in [1.82, 2.24) is 0 Å². The Hall–Kier alpha value is 0. The molecule has 104 valence electrons. The molecule has 0 bridgehead atoms. The van der Waals surface area contributed by atoms with Crippen LogP contribution in [0.25, 0.3) is 0 Å². The zero-order valence-corrected chi connectivity index (χ0v) is 11.1. The average molecular weight is 232 g/mol. The molecule has 0 aromatic heterocycles. The van der Waals surface area contributed by atoms with Crippen LogP contribution in [0.3, 0.4) is 0 Å². The summed E-state index contributed by atoms with van der Waals surface area (Å²) in [6.07, 6.45) is 14.0. The first-order valence-electron chi connectivity index (χ1n) is 6.83. The molecule has 0 aliphatic rings. The van der Waals surface area contributed by atoms with Gasteiger partial charge in [0.15, 0.2) is 0 Å². The van der Waals surface area contributed by atoms with E-state index in [2.05, 4.69) is 27.7 Å². The number of unbranched alkanes of at least 4 members (excludes halogenated alkanes) is 8. The van der Waals surface area contributed by atoms with Crippen LogP contribution in [0.1, 0.15) is 107 Å². The molecule has 0 spiro atoms. The second-order valence-corrected chi connectivity index (χ2v) is 4.12. The first kappa shape index (κ1) is 25.0. The van der Waals surface area contributed by atoms with Gasteiger partial charge < -0.3 is 0 Å². The Morgan fingerprint density at radius 2 is 0.562 bits per heavy atom. The van der Waals surface area contributed by atoms with Gasteiger partial charge in [-0.3, -0.25) is 0 Å². The van der Waals surface area contributed by atoms with Crippen LogP contribution in [0.5, 0.6) is 0 Å². The standard InChI is InChI=1S/C8H18.C6H14.2CH4/c1-3-5-7-8-6-4-2;1-3-5-6-4-2;;/h3-8H2,1-2H3;3-6H2,1-2H3;2*1H4. The molecule has 0 aliphatic carbocycles. The van der Waals surface area contributed by atoms with E-state index >= 15 is 0 Å². The molecule has 0 aromatic carbocycles. The van der Waals surface area contributed by atoms with Crippen LogP contribution >= 0.6 is 0 Å². The molecule has 0 unspecified atom stereocenters. The van der Waals surface area contributed by atoms with E-state index in [9.17, 15) is 0 Å². The van der Waals surface area contributed by atoms with Crippen molar-refractivity contribution in [2.75, 3.05) is 0 Å². The highest BCUT2D eigenvalue weighted by Gasteiger charge is 1.83. The van der Waals surface area contributed by atoms with Crippen LogP contribution in [0.15, 0.2) is 0 Å². The summed E-state index contributed by atoms with van der Waals surface area (Å²) in [5.74, 6) is 0. The summed E-state index contributed by atoms with van der Waals surface area (Å²) in [6.45, 7) is 8.98. The van der Waals surface area contributed by atoms with E-state index in [1.807, 2.05) is 0 Å². The van der Waals surface area contributed by atoms with Crippen molar-refractivity contribution in [2.24, 2.45) is 0 Å². The van der Waals surface area contributed by atoms with Gasteiger partial charge in [-0.2, -0.15) is 0 Å². The quantitative estimate of drug-likeness (QED) is 0.387. The van der Waals surface area contributed by atoms with E-state index in [4.69, 9.17) is 0 Å². The van der Waals surface area contributed by atoms with E-state index in [1.54, 1.807) is 0 Å². The Balaban J connectivity index is -0.0000000825.